The summed E-state index contributed by atoms with van der Waals surface area (Å²) in [7, 11) is -0.521. The van der Waals surface area contributed by atoms with Gasteiger partial charge in [-0.3, -0.25) is 4.79 Å². The summed E-state index contributed by atoms with van der Waals surface area (Å²) in [6.45, 7) is 7.96. The fourth-order valence-corrected chi connectivity index (χ4v) is 2.47. The third-order valence-corrected chi connectivity index (χ3v) is 4.55. The van der Waals surface area contributed by atoms with Crippen LogP contribution >= 0.6 is 0 Å². The normalized spacial score (nSPS) is 19.0. The van der Waals surface area contributed by atoms with Gasteiger partial charge in [0.1, 0.15) is 12.0 Å². The zero-order valence-electron chi connectivity index (χ0n) is 13.6. The van der Waals surface area contributed by atoms with Crippen LogP contribution in [-0.2, 0) is 9.31 Å². The number of nitrogens with two attached hydrogens (primary N) is 1. The number of hydrogen-bond donors (Lipinski definition) is 1. The smallest absolute Gasteiger partial charge is 0.399 e. The molecule has 2 N–H and O–H groups in total. The van der Waals surface area contributed by atoms with Crippen LogP contribution in [0.3, 0.4) is 0 Å². The average Bonchev–Trinajstić information content (AvgIpc) is 3.05. The van der Waals surface area contributed by atoms with E-state index < -0.39 is 24.2 Å². The summed E-state index contributed by atoms with van der Waals surface area (Å²) < 4.78 is 17.0. The molecule has 1 fully saturated rings. The summed E-state index contributed by atoms with van der Waals surface area (Å²) in [6.07, 6.45) is 1.45. The van der Waals surface area contributed by atoms with Crippen LogP contribution in [-0.4, -0.2) is 29.4 Å². The van der Waals surface area contributed by atoms with Crippen molar-refractivity contribution < 1.29 is 18.6 Å². The Morgan fingerprint density at radius 2 is 1.78 bits per heavy atom. The maximum absolute atomic E-state index is 11.7. The predicted molar refractivity (Wildman–Crippen MR) is 86.2 cm³/mol. The minimum Gasteiger partial charge on any atom is -0.399 e. The van der Waals surface area contributed by atoms with E-state index in [0.717, 1.165) is 5.46 Å². The molecule has 0 bridgehead atoms. The van der Waals surface area contributed by atoms with Crippen LogP contribution in [0.2, 0.25) is 0 Å². The van der Waals surface area contributed by atoms with E-state index in [4.69, 9.17) is 19.6 Å². The van der Waals surface area contributed by atoms with Crippen molar-refractivity contribution in [2.45, 2.75) is 38.9 Å². The summed E-state index contributed by atoms with van der Waals surface area (Å²) in [5.41, 5.74) is 6.88. The molecule has 6 nitrogen and oxygen atoms in total. The third kappa shape index (κ3) is 2.66. The molecule has 3 rings (SSSR count). The van der Waals surface area contributed by atoms with Gasteiger partial charge in [0.15, 0.2) is 0 Å². The van der Waals surface area contributed by atoms with Gasteiger partial charge in [0.05, 0.1) is 11.2 Å². The monoisotopic (exact) mass is 314 g/mol. The number of amides is 1. The van der Waals surface area contributed by atoms with E-state index in [1.165, 1.54) is 6.26 Å². The minimum atomic E-state index is -0.525. The molecule has 120 valence electrons. The lowest BCUT2D eigenvalue weighted by Crippen LogP contribution is -2.41. The highest BCUT2D eigenvalue weighted by Crippen LogP contribution is 2.36. The number of primary amides is 1. The Kier molecular flexibility index (Phi) is 3.57. The lowest BCUT2D eigenvalue weighted by Gasteiger charge is -2.32. The number of aromatic nitrogens is 1. The summed E-state index contributed by atoms with van der Waals surface area (Å²) in [5.74, 6) is -0.525. The van der Waals surface area contributed by atoms with Crippen molar-refractivity contribution in [1.29, 1.82) is 0 Å². The molecule has 0 radical (unpaired) electrons. The highest BCUT2D eigenvalue weighted by atomic mass is 16.7. The zero-order chi connectivity index (χ0) is 16.8. The van der Waals surface area contributed by atoms with Crippen molar-refractivity contribution in [3.63, 3.8) is 0 Å². The maximum Gasteiger partial charge on any atom is 0.494 e. The van der Waals surface area contributed by atoms with Gasteiger partial charge in [0.25, 0.3) is 0 Å². The standard InChI is InChI=1S/C16H19BN2O4/c1-15(2)16(3,4)23-17(22-15)10-5-6-11(14(18)20)12(9-10)13-7-8-21-19-13/h5-9H,1-4H3,(H2,18,20). The second kappa shape index (κ2) is 5.21. The molecule has 0 saturated carbocycles. The molecule has 0 aliphatic carbocycles. The van der Waals surface area contributed by atoms with E-state index in [0.29, 0.717) is 16.8 Å². The summed E-state index contributed by atoms with van der Waals surface area (Å²) in [6, 6.07) is 6.93. The molecule has 1 aliphatic rings. The van der Waals surface area contributed by atoms with Gasteiger partial charge in [-0.15, -0.1) is 0 Å². The van der Waals surface area contributed by atoms with Gasteiger partial charge in [-0.2, -0.15) is 0 Å². The van der Waals surface area contributed by atoms with E-state index in [1.807, 2.05) is 27.7 Å². The van der Waals surface area contributed by atoms with Crippen LogP contribution in [0.25, 0.3) is 11.3 Å². The van der Waals surface area contributed by atoms with Gasteiger partial charge in [-0.25, -0.2) is 0 Å². The van der Waals surface area contributed by atoms with Gasteiger partial charge in [0.2, 0.25) is 5.91 Å². The van der Waals surface area contributed by atoms with Crippen LogP contribution in [0.15, 0.2) is 35.1 Å². The minimum absolute atomic E-state index is 0.374. The van der Waals surface area contributed by atoms with Crippen LogP contribution in [0, 0.1) is 0 Å². The van der Waals surface area contributed by atoms with E-state index >= 15 is 0 Å². The molecule has 0 spiro atoms. The molecule has 0 unspecified atom stereocenters. The van der Waals surface area contributed by atoms with E-state index in [2.05, 4.69) is 5.16 Å². The first-order valence-electron chi connectivity index (χ1n) is 7.41. The molecule has 1 aromatic carbocycles. The highest BCUT2D eigenvalue weighted by molar-refractivity contribution is 6.62. The van der Waals surface area contributed by atoms with Crippen molar-refractivity contribution in [1.82, 2.24) is 5.16 Å². The molecule has 2 aromatic rings. The lowest BCUT2D eigenvalue weighted by molar-refractivity contribution is 0.00578. The van der Waals surface area contributed by atoms with Crippen LogP contribution < -0.4 is 11.2 Å². The molecule has 1 amide bonds. The summed E-state index contributed by atoms with van der Waals surface area (Å²) >= 11 is 0. The largest absolute Gasteiger partial charge is 0.494 e. The number of carbonyl (C=O) groups excluding carboxylic acids is 1. The van der Waals surface area contributed by atoms with Crippen molar-refractivity contribution >= 4 is 18.5 Å². The number of benzene rings is 1. The second-order valence-corrected chi connectivity index (χ2v) is 6.64. The molecule has 1 aromatic heterocycles. The molecule has 1 aliphatic heterocycles. The van der Waals surface area contributed by atoms with Gasteiger partial charge >= 0.3 is 7.12 Å². The van der Waals surface area contributed by atoms with Gasteiger partial charge < -0.3 is 19.6 Å². The summed E-state index contributed by atoms with van der Waals surface area (Å²) in [4.78, 5) is 11.7. The predicted octanol–water partition coefficient (Wildman–Crippen LogP) is 1.74. The van der Waals surface area contributed by atoms with E-state index in [-0.39, 0.29) is 0 Å². The van der Waals surface area contributed by atoms with E-state index in [1.54, 1.807) is 24.3 Å². The molecule has 7 heteroatoms. The Hall–Kier alpha value is -2.12. The first kappa shape index (κ1) is 15.8. The Morgan fingerprint density at radius 3 is 2.30 bits per heavy atom. The van der Waals surface area contributed by atoms with Crippen molar-refractivity contribution in [2.24, 2.45) is 5.73 Å². The van der Waals surface area contributed by atoms with Crippen LogP contribution in [0.5, 0.6) is 0 Å². The number of hydrogen-bond acceptors (Lipinski definition) is 5. The quantitative estimate of drug-likeness (QED) is 0.872. The fraction of sp³-hybridized carbons (Fsp3) is 0.375. The number of rotatable bonds is 3. The van der Waals surface area contributed by atoms with Crippen LogP contribution in [0.4, 0.5) is 0 Å². The Labute approximate surface area is 135 Å². The number of carbonyl (C=O) groups is 1. The average molecular weight is 314 g/mol. The lowest BCUT2D eigenvalue weighted by atomic mass is 9.77. The molecule has 23 heavy (non-hydrogen) atoms. The molecule has 1 saturated heterocycles. The van der Waals surface area contributed by atoms with Gasteiger partial charge in [0, 0.05) is 17.2 Å². The van der Waals surface area contributed by atoms with Crippen molar-refractivity contribution in [2.75, 3.05) is 0 Å². The SMILES string of the molecule is CC1(C)OB(c2ccc(C(N)=O)c(-c3ccon3)c2)OC1(C)C. The Balaban J connectivity index is 2.03. The molecule has 2 heterocycles. The first-order valence-corrected chi connectivity index (χ1v) is 7.41. The Morgan fingerprint density at radius 1 is 1.13 bits per heavy atom. The molecule has 0 atom stereocenters. The second-order valence-electron chi connectivity index (χ2n) is 6.64. The molecular formula is C16H19BN2O4. The van der Waals surface area contributed by atoms with Crippen molar-refractivity contribution in [3.05, 3.63) is 36.1 Å². The van der Waals surface area contributed by atoms with E-state index in [9.17, 15) is 4.79 Å². The number of nitrogens with zero attached hydrogens (tertiary/aromatic N) is 1. The topological polar surface area (TPSA) is 87.6 Å². The Bertz CT molecular complexity index is 725. The van der Waals surface area contributed by atoms with Crippen molar-refractivity contribution in [3.8, 4) is 11.3 Å². The third-order valence-electron chi connectivity index (χ3n) is 4.55. The first-order chi connectivity index (χ1) is 10.7. The fourth-order valence-electron chi connectivity index (χ4n) is 2.47. The summed E-state index contributed by atoms with van der Waals surface area (Å²) in [5, 5.41) is 3.89. The maximum atomic E-state index is 11.7. The van der Waals surface area contributed by atoms with Crippen LogP contribution in [0.1, 0.15) is 38.1 Å². The van der Waals surface area contributed by atoms with Gasteiger partial charge in [-0.1, -0.05) is 17.3 Å². The zero-order valence-corrected chi connectivity index (χ0v) is 13.6. The molecular weight excluding hydrogens is 295 g/mol. The highest BCUT2D eigenvalue weighted by Gasteiger charge is 2.51. The van der Waals surface area contributed by atoms with Gasteiger partial charge in [-0.05, 0) is 39.2 Å².